The minimum absolute atomic E-state index is 0.184. The van der Waals surface area contributed by atoms with E-state index in [0.717, 1.165) is 76.8 Å². The zero-order valence-electron chi connectivity index (χ0n) is 14.4. The van der Waals surface area contributed by atoms with Gasteiger partial charge < -0.3 is 0 Å². The molecule has 0 radical (unpaired) electrons. The monoisotopic (exact) mass is 433 g/mol. The van der Waals surface area contributed by atoms with Gasteiger partial charge in [-0.15, -0.1) is 0 Å². The summed E-state index contributed by atoms with van der Waals surface area (Å²) >= 11 is 3.12. The molecule has 136 valence electrons. The molecule has 1 saturated heterocycles. The van der Waals surface area contributed by atoms with Gasteiger partial charge in [0.05, 0.1) is 0 Å². The number of hydrogen-bond acceptors (Lipinski definition) is 6. The number of halogens is 1. The normalized spacial score (nSPS) is 14.9. The van der Waals surface area contributed by atoms with Gasteiger partial charge in [0.15, 0.2) is 0 Å². The third kappa shape index (κ3) is 4.05. The fourth-order valence-electron chi connectivity index (χ4n) is 3.17. The number of fused-ring (bicyclic) bond motifs is 1. The molecule has 1 atom stereocenters. The van der Waals surface area contributed by atoms with Gasteiger partial charge in [-0.3, -0.25) is 0 Å². The van der Waals surface area contributed by atoms with Crippen molar-refractivity contribution in [3.8, 4) is 0 Å². The average Bonchev–Trinajstić information content (AvgIpc) is 3.06. The molecule has 0 aliphatic carbocycles. The first kappa shape index (κ1) is 17.8. The number of nitrogens with zero attached hydrogens (tertiary/aromatic N) is 4. The average molecular weight is 433 g/mol. The number of rotatable bonds is 5. The molecule has 5 nitrogen and oxygen atoms in total. The number of anilines is 1. The quantitative estimate of drug-likeness (QED) is 0.611. The van der Waals surface area contributed by atoms with Crippen molar-refractivity contribution >= 4 is 49.0 Å². The van der Waals surface area contributed by atoms with Crippen LogP contribution in [0.25, 0.3) is 10.3 Å². The van der Waals surface area contributed by atoms with Gasteiger partial charge in [-0.05, 0) is 0 Å². The Bertz CT molecular complexity index is 892. The fraction of sp³-hybridized carbons (Fsp3) is 0.389. The third-order valence-electron chi connectivity index (χ3n) is 4.49. The second-order valence-corrected chi connectivity index (χ2v) is 8.53. The Morgan fingerprint density at radius 3 is 2.62 bits per heavy atom. The number of thiazole rings is 1. The number of nitrogens with one attached hydrogen (secondary N) is 1. The summed E-state index contributed by atoms with van der Waals surface area (Å²) in [5.74, 6) is 0.799. The van der Waals surface area contributed by atoms with E-state index >= 15 is 0 Å². The summed E-state index contributed by atoms with van der Waals surface area (Å²) in [6.07, 6.45) is 2.82. The van der Waals surface area contributed by atoms with Gasteiger partial charge in [0.1, 0.15) is 0 Å². The summed E-state index contributed by atoms with van der Waals surface area (Å²) in [5.41, 5.74) is 2.10. The Morgan fingerprint density at radius 2 is 1.85 bits per heavy atom. The Morgan fingerprint density at radius 1 is 1.08 bits per heavy atom. The second-order valence-electron chi connectivity index (χ2n) is 6.38. The number of aryl methyl sites for hydroxylation is 2. The predicted octanol–water partition coefficient (Wildman–Crippen LogP) is 1.07. The van der Waals surface area contributed by atoms with Crippen LogP contribution in [0.2, 0.25) is 0 Å². The van der Waals surface area contributed by atoms with Crippen molar-refractivity contribution in [2.45, 2.75) is 19.3 Å². The van der Waals surface area contributed by atoms with Crippen molar-refractivity contribution in [2.75, 3.05) is 31.1 Å². The van der Waals surface area contributed by atoms with Crippen LogP contribution < -0.4 is 14.8 Å². The molecule has 1 aromatic carbocycles. The van der Waals surface area contributed by atoms with Crippen LogP contribution in [0.1, 0.15) is 17.0 Å². The van der Waals surface area contributed by atoms with Crippen molar-refractivity contribution in [3.05, 3.63) is 40.7 Å². The van der Waals surface area contributed by atoms with Crippen LogP contribution in [-0.2, 0) is 12.8 Å². The Hall–Kier alpha value is -1.56. The number of benzene rings is 1. The van der Waals surface area contributed by atoms with E-state index in [0.29, 0.717) is 0 Å². The van der Waals surface area contributed by atoms with Crippen molar-refractivity contribution in [2.24, 2.45) is 0 Å². The molecule has 1 fully saturated rings. The first-order chi connectivity index (χ1) is 12.7. The fourth-order valence-corrected chi connectivity index (χ4v) is 4.87. The summed E-state index contributed by atoms with van der Waals surface area (Å²) in [5, 5.41) is 4.48. The van der Waals surface area contributed by atoms with Crippen LogP contribution >= 0.6 is 11.3 Å². The van der Waals surface area contributed by atoms with E-state index in [1.165, 1.54) is 29.0 Å². The third-order valence-corrected chi connectivity index (χ3v) is 6.04. The SMILES string of the molecule is Fc1ccc(CCCc2nc3c(N4CCNCC4)nc([AsH2])nc3s2)cc1. The zero-order chi connectivity index (χ0) is 17.9. The van der Waals surface area contributed by atoms with Crippen LogP contribution in [0.3, 0.4) is 0 Å². The number of hydrogen-bond donors (Lipinski definition) is 1. The maximum atomic E-state index is 13.0. The van der Waals surface area contributed by atoms with E-state index < -0.39 is 0 Å². The summed E-state index contributed by atoms with van der Waals surface area (Å²) in [7, 11) is 0. The molecular weight excluding hydrogens is 412 g/mol. The Kier molecular flexibility index (Phi) is 5.48. The van der Waals surface area contributed by atoms with Crippen molar-refractivity contribution in [3.63, 3.8) is 0 Å². The first-order valence-electron chi connectivity index (χ1n) is 8.82. The molecule has 0 amide bonds. The second kappa shape index (κ2) is 7.99. The molecule has 1 aliphatic heterocycles. The summed E-state index contributed by atoms with van der Waals surface area (Å²) in [4.78, 5) is 17.5. The Balaban J connectivity index is 1.50. The van der Waals surface area contributed by atoms with Gasteiger partial charge in [-0.25, -0.2) is 4.39 Å². The van der Waals surface area contributed by atoms with E-state index in [1.807, 2.05) is 12.1 Å². The minimum atomic E-state index is -0.184. The zero-order valence-corrected chi connectivity index (χ0v) is 17.7. The summed E-state index contributed by atoms with van der Waals surface area (Å²) < 4.78 is 13.8. The van der Waals surface area contributed by atoms with Crippen LogP contribution in [-0.4, -0.2) is 58.0 Å². The van der Waals surface area contributed by atoms with Crippen LogP contribution in [0.15, 0.2) is 24.3 Å². The maximum absolute atomic E-state index is 13.0. The molecule has 3 heterocycles. The van der Waals surface area contributed by atoms with Gasteiger partial charge >= 0.3 is 160 Å². The van der Waals surface area contributed by atoms with E-state index in [-0.39, 0.29) is 5.82 Å². The van der Waals surface area contributed by atoms with E-state index in [9.17, 15) is 4.39 Å². The molecule has 0 spiro atoms. The van der Waals surface area contributed by atoms with Crippen molar-refractivity contribution in [1.82, 2.24) is 20.3 Å². The van der Waals surface area contributed by atoms with Gasteiger partial charge in [-0.2, -0.15) is 0 Å². The topological polar surface area (TPSA) is 53.9 Å². The molecule has 1 N–H and O–H groups in total. The summed E-state index contributed by atoms with van der Waals surface area (Å²) in [6.45, 7) is 3.86. The van der Waals surface area contributed by atoms with Crippen LogP contribution in [0.5, 0.6) is 0 Å². The standard InChI is InChI=1S/C18H21AsFN5S/c19-18-23-16(25-10-8-21-9-11-25)15-17(24-18)26-14(22-15)3-1-2-12-4-6-13(20)7-5-12/h4-7,21H,1-3,8-11,19H2. The van der Waals surface area contributed by atoms with Crippen LogP contribution in [0, 0.1) is 5.82 Å². The number of piperazine rings is 1. The molecule has 2 aromatic heterocycles. The predicted molar refractivity (Wildman–Crippen MR) is 107 cm³/mol. The van der Waals surface area contributed by atoms with E-state index in [2.05, 4.69) is 15.2 Å². The van der Waals surface area contributed by atoms with E-state index in [1.54, 1.807) is 11.3 Å². The molecule has 3 aromatic rings. The number of aromatic nitrogens is 3. The molecule has 1 unspecified atom stereocenters. The molecule has 0 saturated carbocycles. The molecule has 4 rings (SSSR count). The molecular formula is C18H21AsFN5S. The van der Waals surface area contributed by atoms with Gasteiger partial charge in [0, 0.05) is 0 Å². The van der Waals surface area contributed by atoms with Gasteiger partial charge in [0.25, 0.3) is 0 Å². The Labute approximate surface area is 164 Å². The molecule has 8 heteroatoms. The van der Waals surface area contributed by atoms with Gasteiger partial charge in [-0.1, -0.05) is 0 Å². The van der Waals surface area contributed by atoms with Crippen molar-refractivity contribution in [1.29, 1.82) is 0 Å². The molecule has 26 heavy (non-hydrogen) atoms. The van der Waals surface area contributed by atoms with Gasteiger partial charge in [0.2, 0.25) is 0 Å². The molecule has 0 bridgehead atoms. The van der Waals surface area contributed by atoms with Crippen molar-refractivity contribution < 1.29 is 4.39 Å². The van der Waals surface area contributed by atoms with E-state index in [4.69, 9.17) is 9.97 Å². The van der Waals surface area contributed by atoms with Crippen LogP contribution in [0.4, 0.5) is 10.2 Å². The molecule has 1 aliphatic rings. The summed E-state index contributed by atoms with van der Waals surface area (Å²) in [6, 6.07) is 6.75. The first-order valence-corrected chi connectivity index (χ1v) is 10.8.